The van der Waals surface area contributed by atoms with Gasteiger partial charge in [-0.2, -0.15) is 0 Å². The van der Waals surface area contributed by atoms with Crippen LogP contribution in [-0.2, 0) is 16.0 Å². The van der Waals surface area contributed by atoms with Gasteiger partial charge in [-0.1, -0.05) is 17.7 Å². The Morgan fingerprint density at radius 1 is 1.47 bits per heavy atom. The van der Waals surface area contributed by atoms with Crippen LogP contribution in [0.5, 0.6) is 0 Å². The van der Waals surface area contributed by atoms with E-state index in [1.54, 1.807) is 6.20 Å². The van der Waals surface area contributed by atoms with E-state index in [9.17, 15) is 4.79 Å². The third-order valence-corrected chi connectivity index (χ3v) is 2.98. The summed E-state index contributed by atoms with van der Waals surface area (Å²) in [4.78, 5) is 13.2. The van der Waals surface area contributed by atoms with E-state index >= 15 is 0 Å². The number of hydrogen-bond donors (Lipinski definition) is 0. The van der Waals surface area contributed by atoms with Gasteiger partial charge in [-0.3, -0.25) is 0 Å². The van der Waals surface area contributed by atoms with Crippen molar-refractivity contribution < 1.29 is 9.53 Å². The number of aryl methyl sites for hydroxylation is 2. The quantitative estimate of drug-likeness (QED) is 0.578. The van der Waals surface area contributed by atoms with E-state index in [1.165, 1.54) is 30.0 Å². The zero-order valence-corrected chi connectivity index (χ0v) is 10.3. The molecule has 0 unspecified atom stereocenters. The van der Waals surface area contributed by atoms with Gasteiger partial charge in [0.25, 0.3) is 0 Å². The molecule has 0 N–H and O–H groups in total. The molecule has 0 saturated heterocycles. The van der Waals surface area contributed by atoms with Crippen LogP contribution in [0.2, 0.25) is 0 Å². The van der Waals surface area contributed by atoms with E-state index in [-0.39, 0.29) is 5.97 Å². The van der Waals surface area contributed by atoms with Crippen LogP contribution in [-0.4, -0.2) is 19.6 Å². The highest BCUT2D eigenvalue weighted by molar-refractivity contribution is 5.82. The fourth-order valence-electron chi connectivity index (χ4n) is 2.13. The molecule has 1 aliphatic heterocycles. The number of rotatable bonds is 2. The fraction of sp³-hybridized carbons (Fsp3) is 0.357. The van der Waals surface area contributed by atoms with Crippen molar-refractivity contribution in [3.05, 3.63) is 41.6 Å². The number of carbonyl (C=O) groups is 1. The molecule has 1 aromatic carbocycles. The Bertz CT molecular complexity index is 452. The average molecular weight is 231 g/mol. The van der Waals surface area contributed by atoms with Crippen molar-refractivity contribution in [1.29, 1.82) is 0 Å². The molecule has 0 aromatic heterocycles. The van der Waals surface area contributed by atoms with Gasteiger partial charge in [-0.05, 0) is 31.4 Å². The molecule has 3 nitrogen and oxygen atoms in total. The highest BCUT2D eigenvalue weighted by Gasteiger charge is 2.14. The monoisotopic (exact) mass is 231 g/mol. The Hall–Kier alpha value is -1.77. The number of nitrogens with zero attached hydrogens (tertiary/aromatic N) is 1. The molecule has 1 aromatic rings. The molecule has 0 saturated carbocycles. The van der Waals surface area contributed by atoms with Crippen molar-refractivity contribution in [2.24, 2.45) is 0 Å². The number of carbonyl (C=O) groups excluding carboxylic acids is 1. The molecular weight excluding hydrogens is 214 g/mol. The maximum Gasteiger partial charge on any atom is 0.331 e. The van der Waals surface area contributed by atoms with Gasteiger partial charge >= 0.3 is 5.97 Å². The highest BCUT2D eigenvalue weighted by Crippen LogP contribution is 2.28. The van der Waals surface area contributed by atoms with E-state index in [4.69, 9.17) is 0 Å². The Kier molecular flexibility index (Phi) is 3.47. The Balaban J connectivity index is 2.23. The first-order valence-corrected chi connectivity index (χ1v) is 5.83. The first kappa shape index (κ1) is 11.7. The molecule has 0 amide bonds. The fourth-order valence-corrected chi connectivity index (χ4v) is 2.13. The van der Waals surface area contributed by atoms with Gasteiger partial charge in [0.1, 0.15) is 0 Å². The molecule has 0 radical (unpaired) electrons. The first-order valence-electron chi connectivity index (χ1n) is 5.83. The van der Waals surface area contributed by atoms with Crippen LogP contribution >= 0.6 is 0 Å². The molecule has 2 rings (SSSR count). The molecular formula is C14H17NO2. The van der Waals surface area contributed by atoms with Gasteiger partial charge in [0.05, 0.1) is 7.11 Å². The van der Waals surface area contributed by atoms with Crippen molar-refractivity contribution in [3.8, 4) is 0 Å². The van der Waals surface area contributed by atoms with Gasteiger partial charge in [-0.25, -0.2) is 4.79 Å². The summed E-state index contributed by atoms with van der Waals surface area (Å²) in [6, 6.07) is 6.43. The van der Waals surface area contributed by atoms with Gasteiger partial charge in [0, 0.05) is 24.5 Å². The van der Waals surface area contributed by atoms with E-state index in [2.05, 4.69) is 34.8 Å². The lowest BCUT2D eigenvalue weighted by Gasteiger charge is -2.28. The van der Waals surface area contributed by atoms with Crippen LogP contribution in [0.3, 0.4) is 0 Å². The standard InChI is InChI=1S/C14H17NO2/c1-11-5-6-13-12(10-11)4-3-8-15(13)9-7-14(16)17-2/h5-7,9-10H,3-4,8H2,1-2H3. The predicted octanol–water partition coefficient (Wildman–Crippen LogP) is 2.43. The van der Waals surface area contributed by atoms with Crippen molar-refractivity contribution in [1.82, 2.24) is 0 Å². The zero-order valence-electron chi connectivity index (χ0n) is 10.3. The summed E-state index contributed by atoms with van der Waals surface area (Å²) in [5.41, 5.74) is 3.83. The van der Waals surface area contributed by atoms with E-state index in [1.807, 2.05) is 0 Å². The molecule has 0 bridgehead atoms. The van der Waals surface area contributed by atoms with Crippen molar-refractivity contribution in [3.63, 3.8) is 0 Å². The number of hydrogen-bond acceptors (Lipinski definition) is 3. The summed E-state index contributed by atoms with van der Waals surface area (Å²) in [5, 5.41) is 0. The van der Waals surface area contributed by atoms with E-state index in [0.29, 0.717) is 0 Å². The third kappa shape index (κ3) is 2.67. The van der Waals surface area contributed by atoms with Gasteiger partial charge in [0.15, 0.2) is 0 Å². The molecule has 0 spiro atoms. The molecule has 17 heavy (non-hydrogen) atoms. The second kappa shape index (κ2) is 5.04. The number of methoxy groups -OCH3 is 1. The summed E-state index contributed by atoms with van der Waals surface area (Å²) < 4.78 is 4.60. The minimum Gasteiger partial charge on any atom is -0.466 e. The Morgan fingerprint density at radius 2 is 2.29 bits per heavy atom. The van der Waals surface area contributed by atoms with Crippen LogP contribution < -0.4 is 4.90 Å². The van der Waals surface area contributed by atoms with Crippen LogP contribution in [0, 0.1) is 6.92 Å². The minimum atomic E-state index is -0.316. The number of esters is 1. The van der Waals surface area contributed by atoms with Gasteiger partial charge < -0.3 is 9.64 Å². The second-order valence-corrected chi connectivity index (χ2v) is 4.27. The molecule has 0 fully saturated rings. The van der Waals surface area contributed by atoms with Crippen LogP contribution in [0.4, 0.5) is 5.69 Å². The van der Waals surface area contributed by atoms with Crippen molar-refractivity contribution in [2.45, 2.75) is 19.8 Å². The minimum absolute atomic E-state index is 0.316. The lowest BCUT2D eigenvalue weighted by Crippen LogP contribution is -2.24. The lowest BCUT2D eigenvalue weighted by atomic mass is 10.00. The molecule has 0 aliphatic carbocycles. The maximum absolute atomic E-state index is 11.1. The summed E-state index contributed by atoms with van der Waals surface area (Å²) >= 11 is 0. The van der Waals surface area contributed by atoms with Gasteiger partial charge in [-0.15, -0.1) is 0 Å². The summed E-state index contributed by atoms with van der Waals surface area (Å²) in [6.45, 7) is 3.05. The number of fused-ring (bicyclic) bond motifs is 1. The van der Waals surface area contributed by atoms with Crippen LogP contribution in [0.1, 0.15) is 17.5 Å². The second-order valence-electron chi connectivity index (χ2n) is 4.27. The Morgan fingerprint density at radius 3 is 3.06 bits per heavy atom. The molecule has 3 heteroatoms. The summed E-state index contributed by atoms with van der Waals surface area (Å²) in [6.07, 6.45) is 5.50. The van der Waals surface area contributed by atoms with Crippen LogP contribution in [0.15, 0.2) is 30.5 Å². The smallest absolute Gasteiger partial charge is 0.331 e. The average Bonchev–Trinajstić information content (AvgIpc) is 2.35. The van der Waals surface area contributed by atoms with E-state index in [0.717, 1.165) is 19.4 Å². The topological polar surface area (TPSA) is 29.5 Å². The highest BCUT2D eigenvalue weighted by atomic mass is 16.5. The van der Waals surface area contributed by atoms with Crippen LogP contribution in [0.25, 0.3) is 0 Å². The number of anilines is 1. The molecule has 1 heterocycles. The number of benzene rings is 1. The van der Waals surface area contributed by atoms with Gasteiger partial charge in [0.2, 0.25) is 0 Å². The normalized spacial score (nSPS) is 14.8. The zero-order chi connectivity index (χ0) is 12.3. The maximum atomic E-state index is 11.1. The molecule has 0 atom stereocenters. The third-order valence-electron chi connectivity index (χ3n) is 2.98. The lowest BCUT2D eigenvalue weighted by molar-refractivity contribution is -0.134. The van der Waals surface area contributed by atoms with E-state index < -0.39 is 0 Å². The summed E-state index contributed by atoms with van der Waals surface area (Å²) in [5.74, 6) is -0.316. The largest absolute Gasteiger partial charge is 0.466 e. The molecule has 1 aliphatic rings. The number of ether oxygens (including phenoxy) is 1. The van der Waals surface area contributed by atoms with Crippen molar-refractivity contribution in [2.75, 3.05) is 18.6 Å². The van der Waals surface area contributed by atoms with Crippen molar-refractivity contribution >= 4 is 11.7 Å². The molecule has 90 valence electrons. The Labute approximate surface area is 102 Å². The SMILES string of the molecule is COC(=O)C=CN1CCCc2cc(C)ccc21. The summed E-state index contributed by atoms with van der Waals surface area (Å²) in [7, 11) is 1.39. The first-order chi connectivity index (χ1) is 8.20. The predicted molar refractivity (Wildman–Crippen MR) is 68.0 cm³/mol.